The monoisotopic (exact) mass is 249 g/mol. The molecule has 0 amide bonds. The van der Waals surface area contributed by atoms with Crippen molar-refractivity contribution < 1.29 is 4.74 Å². The third-order valence-corrected chi connectivity index (χ3v) is 3.64. The average molecular weight is 249 g/mol. The molecule has 0 aliphatic carbocycles. The molecule has 0 bridgehead atoms. The first-order valence-corrected chi connectivity index (χ1v) is 6.70. The van der Waals surface area contributed by atoms with E-state index in [9.17, 15) is 0 Å². The second kappa shape index (κ2) is 6.16. The Hall–Kier alpha value is -1.13. The summed E-state index contributed by atoms with van der Waals surface area (Å²) >= 11 is 0. The molecule has 100 valence electrons. The molecule has 0 spiro atoms. The smallest absolute Gasteiger partial charge is 0.0572 e. The van der Waals surface area contributed by atoms with Crippen molar-refractivity contribution in [3.05, 3.63) is 24.0 Å². The highest BCUT2D eigenvalue weighted by Crippen LogP contribution is 2.24. The van der Waals surface area contributed by atoms with E-state index in [1.807, 2.05) is 12.3 Å². The summed E-state index contributed by atoms with van der Waals surface area (Å²) in [6.45, 7) is 5.09. The molecule has 1 aromatic rings. The zero-order valence-electron chi connectivity index (χ0n) is 11.3. The quantitative estimate of drug-likeness (QED) is 0.866. The van der Waals surface area contributed by atoms with Gasteiger partial charge in [0.15, 0.2) is 0 Å². The molecular formula is C14H23N3O. The summed E-state index contributed by atoms with van der Waals surface area (Å²) in [5, 5.41) is 0. The number of methoxy groups -OCH3 is 1. The molecule has 18 heavy (non-hydrogen) atoms. The van der Waals surface area contributed by atoms with Crippen molar-refractivity contribution in [1.82, 2.24) is 4.98 Å². The fourth-order valence-electron chi connectivity index (χ4n) is 2.45. The lowest BCUT2D eigenvalue weighted by atomic mass is 10.1. The van der Waals surface area contributed by atoms with Gasteiger partial charge in [0.25, 0.3) is 0 Å². The number of hydrogen-bond acceptors (Lipinski definition) is 4. The molecule has 2 N–H and O–H groups in total. The maximum absolute atomic E-state index is 5.97. The van der Waals surface area contributed by atoms with Crippen LogP contribution in [0.1, 0.15) is 31.5 Å². The molecule has 0 radical (unpaired) electrons. The van der Waals surface area contributed by atoms with Crippen LogP contribution in [0.4, 0.5) is 5.69 Å². The average Bonchev–Trinajstić information content (AvgIpc) is 2.87. The Bertz CT molecular complexity index is 366. The van der Waals surface area contributed by atoms with Crippen LogP contribution >= 0.6 is 0 Å². The van der Waals surface area contributed by atoms with Gasteiger partial charge in [0, 0.05) is 32.2 Å². The van der Waals surface area contributed by atoms with Crippen LogP contribution in [0.25, 0.3) is 0 Å². The van der Waals surface area contributed by atoms with Crippen molar-refractivity contribution in [2.75, 3.05) is 31.7 Å². The summed E-state index contributed by atoms with van der Waals surface area (Å²) in [4.78, 5) is 6.84. The number of hydrogen-bond donors (Lipinski definition) is 1. The van der Waals surface area contributed by atoms with Crippen LogP contribution in [0.2, 0.25) is 0 Å². The highest BCUT2D eigenvalue weighted by molar-refractivity contribution is 5.45. The Morgan fingerprint density at radius 1 is 1.56 bits per heavy atom. The van der Waals surface area contributed by atoms with Gasteiger partial charge in [-0.1, -0.05) is 6.92 Å². The molecule has 2 rings (SSSR count). The van der Waals surface area contributed by atoms with E-state index < -0.39 is 0 Å². The summed E-state index contributed by atoms with van der Waals surface area (Å²) in [7, 11) is 1.77. The number of aromatic nitrogens is 1. The lowest BCUT2D eigenvalue weighted by Gasteiger charge is -2.19. The second-order valence-corrected chi connectivity index (χ2v) is 5.01. The van der Waals surface area contributed by atoms with Gasteiger partial charge in [-0.15, -0.1) is 0 Å². The zero-order chi connectivity index (χ0) is 13.0. The Labute approximate surface area is 109 Å². The molecule has 1 aliphatic heterocycles. The first-order chi connectivity index (χ1) is 8.74. The first kappa shape index (κ1) is 13.3. The van der Waals surface area contributed by atoms with E-state index in [2.05, 4.69) is 22.9 Å². The van der Waals surface area contributed by atoms with Crippen LogP contribution < -0.4 is 10.6 Å². The Morgan fingerprint density at radius 3 is 3.00 bits per heavy atom. The van der Waals surface area contributed by atoms with Crippen molar-refractivity contribution in [3.8, 4) is 0 Å². The van der Waals surface area contributed by atoms with Crippen molar-refractivity contribution >= 4 is 5.69 Å². The van der Waals surface area contributed by atoms with Crippen LogP contribution in [-0.4, -0.2) is 31.8 Å². The normalized spacial score (nSPS) is 21.3. The van der Waals surface area contributed by atoms with Crippen molar-refractivity contribution in [2.45, 2.75) is 25.8 Å². The topological polar surface area (TPSA) is 51.4 Å². The van der Waals surface area contributed by atoms with E-state index in [4.69, 9.17) is 10.5 Å². The Morgan fingerprint density at radius 2 is 2.39 bits per heavy atom. The first-order valence-electron chi connectivity index (χ1n) is 6.70. The predicted octanol–water partition coefficient (Wildman–Crippen LogP) is 1.96. The van der Waals surface area contributed by atoms with Crippen molar-refractivity contribution in [1.29, 1.82) is 0 Å². The molecule has 0 aromatic carbocycles. The standard InChI is InChI=1S/C14H23N3O/c1-3-13(15)14-5-4-12(8-16-14)17-7-6-11(9-17)10-18-2/h4-5,8,11,13H,3,6-7,9-10,15H2,1-2H3/t11?,13-/m0/s1. The molecule has 2 heterocycles. The van der Waals surface area contributed by atoms with Gasteiger partial charge in [-0.3, -0.25) is 4.98 Å². The van der Waals surface area contributed by atoms with Crippen molar-refractivity contribution in [3.63, 3.8) is 0 Å². The Kier molecular flexibility index (Phi) is 4.55. The molecule has 4 nitrogen and oxygen atoms in total. The Balaban J connectivity index is 1.98. The molecule has 1 aliphatic rings. The maximum Gasteiger partial charge on any atom is 0.0572 e. The van der Waals surface area contributed by atoms with Crippen LogP contribution in [-0.2, 0) is 4.74 Å². The summed E-state index contributed by atoms with van der Waals surface area (Å²) in [6.07, 6.45) is 4.07. The van der Waals surface area contributed by atoms with E-state index >= 15 is 0 Å². The van der Waals surface area contributed by atoms with Gasteiger partial charge in [0.05, 0.1) is 24.2 Å². The fraction of sp³-hybridized carbons (Fsp3) is 0.643. The van der Waals surface area contributed by atoms with Gasteiger partial charge < -0.3 is 15.4 Å². The summed E-state index contributed by atoms with van der Waals surface area (Å²) in [5.74, 6) is 0.646. The molecule has 4 heteroatoms. The highest BCUT2D eigenvalue weighted by Gasteiger charge is 2.22. The maximum atomic E-state index is 5.97. The number of pyridine rings is 1. The van der Waals surface area contributed by atoms with Crippen LogP contribution in [0.3, 0.4) is 0 Å². The number of anilines is 1. The van der Waals surface area contributed by atoms with Gasteiger partial charge >= 0.3 is 0 Å². The number of nitrogens with zero attached hydrogens (tertiary/aromatic N) is 2. The third-order valence-electron chi connectivity index (χ3n) is 3.64. The van der Waals surface area contributed by atoms with E-state index in [1.54, 1.807) is 7.11 Å². The lowest BCUT2D eigenvalue weighted by Crippen LogP contribution is -2.21. The molecule has 1 fully saturated rings. The second-order valence-electron chi connectivity index (χ2n) is 5.01. The summed E-state index contributed by atoms with van der Waals surface area (Å²) in [6, 6.07) is 4.24. The number of ether oxygens (including phenoxy) is 1. The molecule has 0 saturated carbocycles. The van der Waals surface area contributed by atoms with Crippen LogP contribution in [0, 0.1) is 5.92 Å². The van der Waals surface area contributed by atoms with E-state index in [-0.39, 0.29) is 6.04 Å². The van der Waals surface area contributed by atoms with Gasteiger partial charge in [-0.25, -0.2) is 0 Å². The predicted molar refractivity (Wildman–Crippen MR) is 73.7 cm³/mol. The number of rotatable bonds is 5. The lowest BCUT2D eigenvalue weighted by molar-refractivity contribution is 0.161. The van der Waals surface area contributed by atoms with Gasteiger partial charge in [-0.2, -0.15) is 0 Å². The van der Waals surface area contributed by atoms with E-state index in [0.29, 0.717) is 5.92 Å². The highest BCUT2D eigenvalue weighted by atomic mass is 16.5. The molecular weight excluding hydrogens is 226 g/mol. The van der Waals surface area contributed by atoms with Gasteiger partial charge in [0.1, 0.15) is 0 Å². The van der Waals surface area contributed by atoms with Crippen LogP contribution in [0.5, 0.6) is 0 Å². The third kappa shape index (κ3) is 3.00. The summed E-state index contributed by atoms with van der Waals surface area (Å²) < 4.78 is 5.22. The molecule has 1 aromatic heterocycles. The van der Waals surface area contributed by atoms with Crippen molar-refractivity contribution in [2.24, 2.45) is 11.7 Å². The number of nitrogens with two attached hydrogens (primary N) is 1. The largest absolute Gasteiger partial charge is 0.384 e. The molecule has 2 atom stereocenters. The fourth-order valence-corrected chi connectivity index (χ4v) is 2.45. The molecule has 1 saturated heterocycles. The van der Waals surface area contributed by atoms with E-state index in [1.165, 1.54) is 12.1 Å². The van der Waals surface area contributed by atoms with Gasteiger partial charge in [-0.05, 0) is 25.0 Å². The minimum Gasteiger partial charge on any atom is -0.384 e. The zero-order valence-corrected chi connectivity index (χ0v) is 11.3. The minimum absolute atomic E-state index is 0.0545. The van der Waals surface area contributed by atoms with Crippen LogP contribution in [0.15, 0.2) is 18.3 Å². The minimum atomic E-state index is 0.0545. The SMILES string of the molecule is CC[C@H](N)c1ccc(N2CCC(COC)C2)cn1. The van der Waals surface area contributed by atoms with E-state index in [0.717, 1.165) is 31.8 Å². The summed E-state index contributed by atoms with van der Waals surface area (Å²) in [5.41, 5.74) is 8.14. The van der Waals surface area contributed by atoms with Gasteiger partial charge in [0.2, 0.25) is 0 Å². The molecule has 1 unspecified atom stereocenters.